The molecule has 0 aliphatic rings. The molecule has 6 heteroatoms. The molecule has 0 aromatic carbocycles. The van der Waals surface area contributed by atoms with Crippen LogP contribution in [0.1, 0.15) is 213 Å². The van der Waals surface area contributed by atoms with Crippen LogP contribution >= 0.6 is 0 Å². The molecule has 0 aliphatic carbocycles. The standard InChI is InChI=1S/C42H78N2O4/c1-3-5-7-9-11-13-15-17-19-21-23-25-27-29-31-36-40(45)43-38-34-33-35-39(42(47)48)44-41(46)37-32-30-28-26-24-22-20-18-16-14-12-10-8-6-4-2/h17-20,39H,3-16,21-38H2,1-2H3,(H,43,45)(H,44,46)(H,47,48)/t39-/m0/s1. The maximum absolute atomic E-state index is 12.3. The Balaban J connectivity index is 3.64. The molecule has 0 spiro atoms. The summed E-state index contributed by atoms with van der Waals surface area (Å²) in [4.78, 5) is 36.1. The van der Waals surface area contributed by atoms with Crippen molar-refractivity contribution in [2.75, 3.05) is 6.54 Å². The second-order valence-corrected chi connectivity index (χ2v) is 14.0. The first-order chi connectivity index (χ1) is 23.5. The van der Waals surface area contributed by atoms with Gasteiger partial charge in [-0.05, 0) is 83.5 Å². The van der Waals surface area contributed by atoms with Gasteiger partial charge in [0, 0.05) is 19.4 Å². The van der Waals surface area contributed by atoms with Crippen LogP contribution in [0.5, 0.6) is 0 Å². The van der Waals surface area contributed by atoms with Gasteiger partial charge in [0.15, 0.2) is 0 Å². The smallest absolute Gasteiger partial charge is 0.326 e. The fourth-order valence-corrected chi connectivity index (χ4v) is 6.03. The lowest BCUT2D eigenvalue weighted by atomic mass is 10.1. The molecule has 0 bridgehead atoms. The normalized spacial score (nSPS) is 12.2. The highest BCUT2D eigenvalue weighted by atomic mass is 16.4. The van der Waals surface area contributed by atoms with Crippen molar-refractivity contribution in [2.24, 2.45) is 0 Å². The Kier molecular flexibility index (Phi) is 36.0. The van der Waals surface area contributed by atoms with Gasteiger partial charge in [-0.3, -0.25) is 9.59 Å². The molecule has 6 nitrogen and oxygen atoms in total. The van der Waals surface area contributed by atoms with Crippen molar-refractivity contribution >= 4 is 17.8 Å². The highest BCUT2D eigenvalue weighted by Crippen LogP contribution is 2.12. The van der Waals surface area contributed by atoms with Crippen molar-refractivity contribution in [1.82, 2.24) is 10.6 Å². The van der Waals surface area contributed by atoms with Crippen LogP contribution in [0.4, 0.5) is 0 Å². The van der Waals surface area contributed by atoms with E-state index in [0.29, 0.717) is 38.6 Å². The van der Waals surface area contributed by atoms with E-state index in [9.17, 15) is 19.5 Å². The van der Waals surface area contributed by atoms with Crippen molar-refractivity contribution in [3.8, 4) is 0 Å². The number of amides is 2. The Bertz CT molecular complexity index is 795. The van der Waals surface area contributed by atoms with Gasteiger partial charge in [-0.1, -0.05) is 141 Å². The topological polar surface area (TPSA) is 95.5 Å². The van der Waals surface area contributed by atoms with Gasteiger partial charge < -0.3 is 15.7 Å². The summed E-state index contributed by atoms with van der Waals surface area (Å²) in [5.41, 5.74) is 0. The van der Waals surface area contributed by atoms with E-state index in [0.717, 1.165) is 38.5 Å². The van der Waals surface area contributed by atoms with Crippen molar-refractivity contribution in [1.29, 1.82) is 0 Å². The number of carbonyl (C=O) groups excluding carboxylic acids is 2. The van der Waals surface area contributed by atoms with Gasteiger partial charge in [-0.2, -0.15) is 0 Å². The first-order valence-corrected chi connectivity index (χ1v) is 20.6. The number of hydrogen-bond donors (Lipinski definition) is 3. The van der Waals surface area contributed by atoms with Gasteiger partial charge in [0.05, 0.1) is 0 Å². The first-order valence-electron chi connectivity index (χ1n) is 20.6. The zero-order chi connectivity index (χ0) is 35.2. The van der Waals surface area contributed by atoms with E-state index in [1.54, 1.807) is 0 Å². The Hall–Kier alpha value is -2.11. The fourth-order valence-electron chi connectivity index (χ4n) is 6.03. The minimum absolute atomic E-state index is 0.0793. The minimum atomic E-state index is -0.985. The summed E-state index contributed by atoms with van der Waals surface area (Å²) < 4.78 is 0. The molecule has 0 saturated heterocycles. The Morgan fingerprint density at radius 2 is 0.854 bits per heavy atom. The fraction of sp³-hybridized carbons (Fsp3) is 0.833. The summed E-state index contributed by atoms with van der Waals surface area (Å²) in [6.07, 6.45) is 43.9. The lowest BCUT2D eigenvalue weighted by Gasteiger charge is -2.14. The van der Waals surface area contributed by atoms with Crippen LogP contribution in [0, 0.1) is 0 Å². The molecule has 0 aliphatic heterocycles. The van der Waals surface area contributed by atoms with Crippen LogP contribution in [0.2, 0.25) is 0 Å². The second kappa shape index (κ2) is 37.7. The SMILES string of the molecule is CCCCCCCCC=CCCCCCCCC(=O)NCCCC[C@H](NC(=O)CCCCCCCC=CCCCCCCCC)C(=O)O. The van der Waals surface area contributed by atoms with Gasteiger partial charge in [0.25, 0.3) is 0 Å². The number of carbonyl (C=O) groups is 3. The Morgan fingerprint density at radius 3 is 1.27 bits per heavy atom. The predicted molar refractivity (Wildman–Crippen MR) is 205 cm³/mol. The summed E-state index contributed by atoms with van der Waals surface area (Å²) in [6, 6.07) is -0.854. The van der Waals surface area contributed by atoms with E-state index in [1.807, 2.05) is 0 Å². The third kappa shape index (κ3) is 35.2. The number of aliphatic carboxylic acids is 1. The molecular weight excluding hydrogens is 596 g/mol. The maximum Gasteiger partial charge on any atom is 0.326 e. The summed E-state index contributed by atoms with van der Waals surface area (Å²) in [6.45, 7) is 5.07. The Labute approximate surface area is 297 Å². The second-order valence-electron chi connectivity index (χ2n) is 14.0. The highest BCUT2D eigenvalue weighted by Gasteiger charge is 2.19. The zero-order valence-electron chi connectivity index (χ0n) is 31.7. The molecule has 280 valence electrons. The molecule has 3 N–H and O–H groups in total. The van der Waals surface area contributed by atoms with E-state index in [1.165, 1.54) is 128 Å². The third-order valence-corrected chi connectivity index (χ3v) is 9.21. The van der Waals surface area contributed by atoms with Crippen LogP contribution in [0.3, 0.4) is 0 Å². The molecule has 2 amide bonds. The number of allylic oxidation sites excluding steroid dienone is 4. The molecule has 0 rings (SSSR count). The minimum Gasteiger partial charge on any atom is -0.480 e. The predicted octanol–water partition coefficient (Wildman–Crippen LogP) is 11.9. The molecule has 0 aromatic rings. The van der Waals surface area contributed by atoms with Gasteiger partial charge in [0.2, 0.25) is 11.8 Å². The highest BCUT2D eigenvalue weighted by molar-refractivity contribution is 5.83. The quantitative estimate of drug-likeness (QED) is 0.0451. The summed E-state index contributed by atoms with van der Waals surface area (Å²) in [5, 5.41) is 15.2. The van der Waals surface area contributed by atoms with Crippen molar-refractivity contribution in [3.05, 3.63) is 24.3 Å². The van der Waals surface area contributed by atoms with Crippen LogP contribution < -0.4 is 10.6 Å². The van der Waals surface area contributed by atoms with Crippen molar-refractivity contribution in [3.63, 3.8) is 0 Å². The first kappa shape index (κ1) is 45.9. The van der Waals surface area contributed by atoms with Crippen LogP contribution in [0.15, 0.2) is 24.3 Å². The summed E-state index contributed by atoms with van der Waals surface area (Å²) in [5.74, 6) is -1.08. The van der Waals surface area contributed by atoms with Crippen LogP contribution in [-0.2, 0) is 14.4 Å². The average Bonchev–Trinajstić information content (AvgIpc) is 3.07. The van der Waals surface area contributed by atoms with Crippen LogP contribution in [0.25, 0.3) is 0 Å². The lowest BCUT2D eigenvalue weighted by Crippen LogP contribution is -2.40. The molecule has 0 unspecified atom stereocenters. The largest absolute Gasteiger partial charge is 0.480 e. The number of rotatable bonds is 37. The van der Waals surface area contributed by atoms with Crippen molar-refractivity contribution < 1.29 is 19.5 Å². The lowest BCUT2D eigenvalue weighted by molar-refractivity contribution is -0.142. The van der Waals surface area contributed by atoms with E-state index >= 15 is 0 Å². The van der Waals surface area contributed by atoms with Crippen LogP contribution in [-0.4, -0.2) is 35.5 Å². The van der Waals surface area contributed by atoms with Gasteiger partial charge in [-0.15, -0.1) is 0 Å². The van der Waals surface area contributed by atoms with Gasteiger partial charge in [0.1, 0.15) is 6.04 Å². The monoisotopic (exact) mass is 675 g/mol. The number of nitrogens with one attached hydrogen (secondary N) is 2. The van der Waals surface area contributed by atoms with Gasteiger partial charge in [-0.25, -0.2) is 4.79 Å². The number of carboxylic acids is 1. The molecule has 1 atom stereocenters. The Morgan fingerprint density at radius 1 is 0.479 bits per heavy atom. The molecule has 0 heterocycles. The molecule has 0 saturated carbocycles. The summed E-state index contributed by atoms with van der Waals surface area (Å²) in [7, 11) is 0. The van der Waals surface area contributed by atoms with Crippen molar-refractivity contribution in [2.45, 2.75) is 219 Å². The summed E-state index contributed by atoms with van der Waals surface area (Å²) >= 11 is 0. The molecule has 0 aromatic heterocycles. The maximum atomic E-state index is 12.3. The van der Waals surface area contributed by atoms with E-state index in [4.69, 9.17) is 0 Å². The number of hydrogen-bond acceptors (Lipinski definition) is 3. The van der Waals surface area contributed by atoms with E-state index in [-0.39, 0.29) is 11.8 Å². The van der Waals surface area contributed by atoms with E-state index < -0.39 is 12.0 Å². The molecular formula is C42H78N2O4. The van der Waals surface area contributed by atoms with E-state index in [2.05, 4.69) is 48.8 Å². The number of unbranched alkanes of at least 4 members (excludes halogenated alkanes) is 23. The molecule has 48 heavy (non-hydrogen) atoms. The zero-order valence-corrected chi connectivity index (χ0v) is 31.7. The average molecular weight is 675 g/mol. The molecule has 0 fully saturated rings. The molecule has 0 radical (unpaired) electrons. The van der Waals surface area contributed by atoms with Gasteiger partial charge >= 0.3 is 5.97 Å². The third-order valence-electron chi connectivity index (χ3n) is 9.21. The number of carboxylic acid groups (broad SMARTS) is 1.